The number of nitrogens with one attached hydrogen (secondary N) is 2. The van der Waals surface area contributed by atoms with Crippen LogP contribution in [-0.4, -0.2) is 14.1 Å². The van der Waals surface area contributed by atoms with Crippen molar-refractivity contribution in [2.24, 2.45) is 0 Å². The van der Waals surface area contributed by atoms with E-state index in [1.807, 2.05) is 44.4 Å². The lowest BCUT2D eigenvalue weighted by Gasteiger charge is -2.04. The SMILES string of the molecule is CNc1ccc(C)cc1C.CNc1ccccc1. The predicted octanol–water partition coefficient (Wildman–Crippen LogP) is 4.07. The molecule has 0 amide bonds. The molecule has 0 heterocycles. The van der Waals surface area contributed by atoms with Gasteiger partial charge in [0, 0.05) is 25.5 Å². The summed E-state index contributed by atoms with van der Waals surface area (Å²) in [6, 6.07) is 16.5. The van der Waals surface area contributed by atoms with E-state index in [-0.39, 0.29) is 0 Å². The van der Waals surface area contributed by atoms with Gasteiger partial charge in [0.2, 0.25) is 0 Å². The van der Waals surface area contributed by atoms with Gasteiger partial charge in [0.05, 0.1) is 0 Å². The van der Waals surface area contributed by atoms with Gasteiger partial charge in [-0.1, -0.05) is 35.9 Å². The van der Waals surface area contributed by atoms with E-state index in [0.717, 1.165) is 5.69 Å². The number of aryl methyl sites for hydroxylation is 2. The van der Waals surface area contributed by atoms with Crippen LogP contribution in [0.2, 0.25) is 0 Å². The Bertz CT molecular complexity index is 464. The van der Waals surface area contributed by atoms with Crippen LogP contribution < -0.4 is 10.6 Å². The zero-order valence-electron chi connectivity index (χ0n) is 11.6. The second-order valence-corrected chi connectivity index (χ2v) is 4.18. The van der Waals surface area contributed by atoms with Gasteiger partial charge in [-0.05, 0) is 37.6 Å². The van der Waals surface area contributed by atoms with Crippen molar-refractivity contribution in [1.29, 1.82) is 0 Å². The fourth-order valence-corrected chi connectivity index (χ4v) is 1.70. The lowest BCUT2D eigenvalue weighted by Crippen LogP contribution is -1.90. The van der Waals surface area contributed by atoms with Gasteiger partial charge in [-0.25, -0.2) is 0 Å². The zero-order chi connectivity index (χ0) is 13.4. The first kappa shape index (κ1) is 14.1. The van der Waals surface area contributed by atoms with Gasteiger partial charge < -0.3 is 10.6 Å². The Balaban J connectivity index is 0.000000184. The minimum absolute atomic E-state index is 1.16. The maximum absolute atomic E-state index is 3.12. The molecule has 2 aromatic carbocycles. The molecule has 0 aliphatic heterocycles. The minimum Gasteiger partial charge on any atom is -0.388 e. The van der Waals surface area contributed by atoms with Crippen molar-refractivity contribution in [1.82, 2.24) is 0 Å². The molecule has 0 aromatic heterocycles. The summed E-state index contributed by atoms with van der Waals surface area (Å²) in [5.41, 5.74) is 5.00. The number of hydrogen-bond donors (Lipinski definition) is 2. The highest BCUT2D eigenvalue weighted by molar-refractivity contribution is 5.51. The summed E-state index contributed by atoms with van der Waals surface area (Å²) in [5.74, 6) is 0. The molecule has 0 unspecified atom stereocenters. The van der Waals surface area contributed by atoms with Crippen molar-refractivity contribution < 1.29 is 0 Å². The normalized spacial score (nSPS) is 9.11. The van der Waals surface area contributed by atoms with Gasteiger partial charge in [0.25, 0.3) is 0 Å². The van der Waals surface area contributed by atoms with E-state index in [1.165, 1.54) is 16.8 Å². The van der Waals surface area contributed by atoms with E-state index in [1.54, 1.807) is 0 Å². The summed E-state index contributed by atoms with van der Waals surface area (Å²) in [4.78, 5) is 0. The lowest BCUT2D eigenvalue weighted by molar-refractivity contribution is 1.35. The van der Waals surface area contributed by atoms with E-state index in [0.29, 0.717) is 0 Å². The van der Waals surface area contributed by atoms with Crippen molar-refractivity contribution in [3.05, 3.63) is 59.7 Å². The van der Waals surface area contributed by atoms with Crippen molar-refractivity contribution in [2.45, 2.75) is 13.8 Å². The van der Waals surface area contributed by atoms with Crippen molar-refractivity contribution in [3.8, 4) is 0 Å². The Morgan fingerprint density at radius 3 is 1.89 bits per heavy atom. The van der Waals surface area contributed by atoms with Crippen LogP contribution in [0.25, 0.3) is 0 Å². The van der Waals surface area contributed by atoms with Gasteiger partial charge in [-0.15, -0.1) is 0 Å². The Morgan fingerprint density at radius 1 is 0.778 bits per heavy atom. The summed E-state index contributed by atoms with van der Waals surface area (Å²) in [6.45, 7) is 4.21. The molecule has 18 heavy (non-hydrogen) atoms. The van der Waals surface area contributed by atoms with Crippen LogP contribution in [0.5, 0.6) is 0 Å². The van der Waals surface area contributed by atoms with Gasteiger partial charge in [0.15, 0.2) is 0 Å². The Kier molecular flexibility index (Phi) is 5.78. The smallest absolute Gasteiger partial charge is 0.0367 e. The molecule has 96 valence electrons. The summed E-state index contributed by atoms with van der Waals surface area (Å²) >= 11 is 0. The molecular weight excluding hydrogens is 220 g/mol. The fourth-order valence-electron chi connectivity index (χ4n) is 1.70. The van der Waals surface area contributed by atoms with Crippen LogP contribution in [-0.2, 0) is 0 Å². The summed E-state index contributed by atoms with van der Waals surface area (Å²) in [6.07, 6.45) is 0. The molecule has 2 heteroatoms. The molecule has 2 rings (SSSR count). The first-order valence-corrected chi connectivity index (χ1v) is 6.15. The van der Waals surface area contributed by atoms with Crippen LogP contribution in [0.1, 0.15) is 11.1 Å². The second kappa shape index (κ2) is 7.38. The van der Waals surface area contributed by atoms with E-state index < -0.39 is 0 Å². The Labute approximate surface area is 110 Å². The number of anilines is 2. The summed E-state index contributed by atoms with van der Waals surface area (Å²) < 4.78 is 0. The fraction of sp³-hybridized carbons (Fsp3) is 0.250. The highest BCUT2D eigenvalue weighted by atomic mass is 14.8. The summed E-state index contributed by atoms with van der Waals surface area (Å²) in [5, 5.41) is 6.15. The Morgan fingerprint density at radius 2 is 1.44 bits per heavy atom. The maximum atomic E-state index is 3.12. The summed E-state index contributed by atoms with van der Waals surface area (Å²) in [7, 11) is 3.85. The van der Waals surface area contributed by atoms with Crippen molar-refractivity contribution in [3.63, 3.8) is 0 Å². The van der Waals surface area contributed by atoms with Crippen LogP contribution in [0.15, 0.2) is 48.5 Å². The topological polar surface area (TPSA) is 24.1 Å². The van der Waals surface area contributed by atoms with Crippen LogP contribution in [0.4, 0.5) is 11.4 Å². The molecule has 2 aromatic rings. The molecule has 0 spiro atoms. The largest absolute Gasteiger partial charge is 0.388 e. The molecule has 0 saturated heterocycles. The average Bonchev–Trinajstić information content (AvgIpc) is 2.40. The highest BCUT2D eigenvalue weighted by Gasteiger charge is 1.92. The van der Waals surface area contributed by atoms with Gasteiger partial charge >= 0.3 is 0 Å². The van der Waals surface area contributed by atoms with E-state index in [9.17, 15) is 0 Å². The van der Waals surface area contributed by atoms with Crippen LogP contribution in [0.3, 0.4) is 0 Å². The molecular formula is C16H22N2. The first-order valence-electron chi connectivity index (χ1n) is 6.15. The van der Waals surface area contributed by atoms with Gasteiger partial charge in [-0.3, -0.25) is 0 Å². The number of rotatable bonds is 2. The quantitative estimate of drug-likeness (QED) is 0.829. The molecule has 0 aliphatic carbocycles. The van der Waals surface area contributed by atoms with Crippen molar-refractivity contribution >= 4 is 11.4 Å². The minimum atomic E-state index is 1.16. The molecule has 0 atom stereocenters. The third kappa shape index (κ3) is 4.50. The first-order chi connectivity index (χ1) is 8.67. The Hall–Kier alpha value is -1.96. The number of benzene rings is 2. The van der Waals surface area contributed by atoms with Crippen LogP contribution >= 0.6 is 0 Å². The third-order valence-corrected chi connectivity index (χ3v) is 2.71. The van der Waals surface area contributed by atoms with Crippen molar-refractivity contribution in [2.75, 3.05) is 24.7 Å². The monoisotopic (exact) mass is 242 g/mol. The molecule has 2 N–H and O–H groups in total. The van der Waals surface area contributed by atoms with E-state index in [4.69, 9.17) is 0 Å². The predicted molar refractivity (Wildman–Crippen MR) is 81.5 cm³/mol. The van der Waals surface area contributed by atoms with E-state index >= 15 is 0 Å². The number of para-hydroxylation sites is 1. The molecule has 0 fully saturated rings. The maximum Gasteiger partial charge on any atom is 0.0367 e. The lowest BCUT2D eigenvalue weighted by atomic mass is 10.1. The number of hydrogen-bond acceptors (Lipinski definition) is 2. The van der Waals surface area contributed by atoms with Gasteiger partial charge in [-0.2, -0.15) is 0 Å². The molecule has 0 radical (unpaired) electrons. The molecule has 2 nitrogen and oxygen atoms in total. The highest BCUT2D eigenvalue weighted by Crippen LogP contribution is 2.14. The standard InChI is InChI=1S/C9H13N.C7H9N/c1-7-4-5-9(10-3)8(2)6-7;1-8-7-5-3-2-4-6-7/h4-6,10H,1-3H3;2-6,8H,1H3. The molecule has 0 saturated carbocycles. The molecule has 0 bridgehead atoms. The second-order valence-electron chi connectivity index (χ2n) is 4.18. The third-order valence-electron chi connectivity index (χ3n) is 2.71. The zero-order valence-corrected chi connectivity index (χ0v) is 11.6. The van der Waals surface area contributed by atoms with Gasteiger partial charge in [0.1, 0.15) is 0 Å². The van der Waals surface area contributed by atoms with Crippen LogP contribution in [0, 0.1) is 13.8 Å². The average molecular weight is 242 g/mol. The molecule has 0 aliphatic rings. The van der Waals surface area contributed by atoms with E-state index in [2.05, 4.69) is 42.7 Å².